The van der Waals surface area contributed by atoms with Crippen molar-refractivity contribution in [2.45, 2.75) is 39.7 Å². The zero-order chi connectivity index (χ0) is 15.6. The minimum atomic E-state index is -1.02. The van der Waals surface area contributed by atoms with E-state index in [1.165, 1.54) is 0 Å². The molecule has 1 aromatic rings. The van der Waals surface area contributed by atoms with E-state index < -0.39 is 5.97 Å². The third-order valence-electron chi connectivity index (χ3n) is 4.13. The van der Waals surface area contributed by atoms with E-state index in [1.807, 2.05) is 6.92 Å². The molecule has 2 rings (SSSR count). The molecule has 2 N–H and O–H groups in total. The molecule has 2 atom stereocenters. The number of anilines is 1. The Morgan fingerprint density at radius 2 is 2.05 bits per heavy atom. The second kappa shape index (κ2) is 6.16. The molecule has 0 saturated carbocycles. The van der Waals surface area contributed by atoms with Gasteiger partial charge in [0.15, 0.2) is 0 Å². The summed E-state index contributed by atoms with van der Waals surface area (Å²) in [5.74, 6) is -0.402. The number of carboxylic acids is 1. The molecular weight excluding hydrogens is 268 g/mol. The van der Waals surface area contributed by atoms with E-state index in [4.69, 9.17) is 0 Å². The number of amides is 2. The van der Waals surface area contributed by atoms with E-state index in [9.17, 15) is 14.7 Å². The number of piperidine rings is 1. The van der Waals surface area contributed by atoms with Crippen LogP contribution in [0.5, 0.6) is 0 Å². The number of hydrogen-bond acceptors (Lipinski definition) is 2. The highest BCUT2D eigenvalue weighted by molar-refractivity contribution is 6.01. The zero-order valence-corrected chi connectivity index (χ0v) is 12.7. The van der Waals surface area contributed by atoms with Crippen molar-refractivity contribution in [3.05, 3.63) is 29.3 Å². The van der Waals surface area contributed by atoms with Crippen LogP contribution in [0.4, 0.5) is 10.5 Å². The molecular formula is C16H22N2O3. The third kappa shape index (κ3) is 3.35. The molecule has 0 spiro atoms. The van der Waals surface area contributed by atoms with E-state index >= 15 is 0 Å². The zero-order valence-electron chi connectivity index (χ0n) is 12.7. The minimum Gasteiger partial charge on any atom is -0.478 e. The second-order valence-corrected chi connectivity index (χ2v) is 5.90. The van der Waals surface area contributed by atoms with Crippen molar-refractivity contribution >= 4 is 17.7 Å². The van der Waals surface area contributed by atoms with Gasteiger partial charge in [-0.3, -0.25) is 0 Å². The van der Waals surface area contributed by atoms with Crippen LogP contribution in [0.1, 0.15) is 42.6 Å². The Kier molecular flexibility index (Phi) is 4.50. The molecule has 1 saturated heterocycles. The van der Waals surface area contributed by atoms with E-state index in [-0.39, 0.29) is 17.6 Å². The first-order chi connectivity index (χ1) is 9.90. The van der Waals surface area contributed by atoms with Gasteiger partial charge in [-0.1, -0.05) is 19.1 Å². The van der Waals surface area contributed by atoms with Crippen LogP contribution >= 0.6 is 0 Å². The lowest BCUT2D eigenvalue weighted by Gasteiger charge is -2.36. The molecule has 0 bridgehead atoms. The summed E-state index contributed by atoms with van der Waals surface area (Å²) in [4.78, 5) is 25.5. The molecule has 0 aromatic heterocycles. The Labute approximate surface area is 125 Å². The summed E-state index contributed by atoms with van der Waals surface area (Å²) in [6.45, 7) is 6.66. The Balaban J connectivity index is 2.17. The SMILES string of the molecule is Cc1cccc(NC(=O)N2CCC(C)CC2C)c1C(=O)O. The lowest BCUT2D eigenvalue weighted by atomic mass is 9.94. The van der Waals surface area contributed by atoms with Crippen molar-refractivity contribution in [2.75, 3.05) is 11.9 Å². The van der Waals surface area contributed by atoms with Crippen molar-refractivity contribution in [3.8, 4) is 0 Å². The minimum absolute atomic E-state index is 0.156. The topological polar surface area (TPSA) is 69.6 Å². The molecule has 2 unspecified atom stereocenters. The van der Waals surface area contributed by atoms with Gasteiger partial charge in [0, 0.05) is 12.6 Å². The largest absolute Gasteiger partial charge is 0.478 e. The molecule has 1 aliphatic heterocycles. The average Bonchev–Trinajstić information content (AvgIpc) is 2.37. The van der Waals surface area contributed by atoms with Gasteiger partial charge in [0.2, 0.25) is 0 Å². The number of nitrogens with one attached hydrogen (secondary N) is 1. The molecule has 21 heavy (non-hydrogen) atoms. The summed E-state index contributed by atoms with van der Waals surface area (Å²) >= 11 is 0. The molecule has 1 aromatic carbocycles. The number of aryl methyl sites for hydroxylation is 1. The van der Waals surface area contributed by atoms with E-state index in [0.29, 0.717) is 23.7 Å². The maximum atomic E-state index is 12.4. The lowest BCUT2D eigenvalue weighted by Crippen LogP contribution is -2.46. The normalized spacial score (nSPS) is 22.0. The first-order valence-electron chi connectivity index (χ1n) is 7.30. The van der Waals surface area contributed by atoms with E-state index in [0.717, 1.165) is 12.8 Å². The highest BCUT2D eigenvalue weighted by atomic mass is 16.4. The van der Waals surface area contributed by atoms with Crippen LogP contribution in [-0.4, -0.2) is 34.6 Å². The van der Waals surface area contributed by atoms with Gasteiger partial charge < -0.3 is 15.3 Å². The molecule has 1 heterocycles. The highest BCUT2D eigenvalue weighted by Crippen LogP contribution is 2.24. The van der Waals surface area contributed by atoms with Crippen molar-refractivity contribution < 1.29 is 14.7 Å². The number of aromatic carboxylic acids is 1. The number of urea groups is 1. The fourth-order valence-corrected chi connectivity index (χ4v) is 2.95. The molecule has 0 radical (unpaired) electrons. The highest BCUT2D eigenvalue weighted by Gasteiger charge is 2.27. The molecule has 0 aliphatic carbocycles. The molecule has 2 amide bonds. The van der Waals surface area contributed by atoms with Crippen LogP contribution in [0.25, 0.3) is 0 Å². The predicted molar refractivity (Wildman–Crippen MR) is 81.7 cm³/mol. The Bertz CT molecular complexity index is 556. The number of likely N-dealkylation sites (tertiary alicyclic amines) is 1. The average molecular weight is 290 g/mol. The summed E-state index contributed by atoms with van der Waals surface area (Å²) in [5, 5.41) is 12.0. The van der Waals surface area contributed by atoms with E-state index in [1.54, 1.807) is 30.0 Å². The van der Waals surface area contributed by atoms with Gasteiger partial charge in [-0.15, -0.1) is 0 Å². The number of benzene rings is 1. The molecule has 114 valence electrons. The smallest absolute Gasteiger partial charge is 0.338 e. The van der Waals surface area contributed by atoms with E-state index in [2.05, 4.69) is 12.2 Å². The number of rotatable bonds is 2. The van der Waals surface area contributed by atoms with Crippen molar-refractivity contribution in [1.82, 2.24) is 4.90 Å². The van der Waals surface area contributed by atoms with Crippen LogP contribution in [0, 0.1) is 12.8 Å². The van der Waals surface area contributed by atoms with Gasteiger partial charge >= 0.3 is 12.0 Å². The van der Waals surface area contributed by atoms with Gasteiger partial charge in [0.25, 0.3) is 0 Å². The van der Waals surface area contributed by atoms with Crippen molar-refractivity contribution in [1.29, 1.82) is 0 Å². The van der Waals surface area contributed by atoms with Crippen LogP contribution in [0.2, 0.25) is 0 Å². The molecule has 1 aliphatic rings. The Morgan fingerprint density at radius 1 is 1.33 bits per heavy atom. The van der Waals surface area contributed by atoms with Crippen molar-refractivity contribution in [3.63, 3.8) is 0 Å². The fraction of sp³-hybridized carbons (Fsp3) is 0.500. The predicted octanol–water partition coefficient (Wildman–Crippen LogP) is 3.35. The standard InChI is InChI=1S/C16H22N2O3/c1-10-7-8-18(12(3)9-10)16(21)17-13-6-4-5-11(2)14(13)15(19)20/h4-6,10,12H,7-9H2,1-3H3,(H,17,21)(H,19,20). The van der Waals surface area contributed by atoms with Crippen LogP contribution in [-0.2, 0) is 0 Å². The van der Waals surface area contributed by atoms with Gasteiger partial charge in [-0.2, -0.15) is 0 Å². The first kappa shape index (κ1) is 15.4. The van der Waals surface area contributed by atoms with Gasteiger partial charge in [0.1, 0.15) is 0 Å². The number of hydrogen-bond donors (Lipinski definition) is 2. The van der Waals surface area contributed by atoms with Gasteiger partial charge in [-0.25, -0.2) is 9.59 Å². The Hall–Kier alpha value is -2.04. The van der Waals surface area contributed by atoms with Crippen LogP contribution < -0.4 is 5.32 Å². The summed E-state index contributed by atoms with van der Waals surface area (Å²) in [7, 11) is 0. The molecule has 5 nitrogen and oxygen atoms in total. The number of carboxylic acid groups (broad SMARTS) is 1. The van der Waals surface area contributed by atoms with Crippen LogP contribution in [0.15, 0.2) is 18.2 Å². The molecule has 1 fully saturated rings. The summed E-state index contributed by atoms with van der Waals surface area (Å²) in [6, 6.07) is 5.06. The van der Waals surface area contributed by atoms with Gasteiger partial charge in [-0.05, 0) is 44.2 Å². The van der Waals surface area contributed by atoms with Crippen LogP contribution in [0.3, 0.4) is 0 Å². The van der Waals surface area contributed by atoms with Crippen molar-refractivity contribution in [2.24, 2.45) is 5.92 Å². The second-order valence-electron chi connectivity index (χ2n) is 5.90. The van der Waals surface area contributed by atoms with Gasteiger partial charge in [0.05, 0.1) is 11.3 Å². The number of carbonyl (C=O) groups excluding carboxylic acids is 1. The first-order valence-corrected chi connectivity index (χ1v) is 7.30. The fourth-order valence-electron chi connectivity index (χ4n) is 2.95. The number of carbonyl (C=O) groups is 2. The lowest BCUT2D eigenvalue weighted by molar-refractivity contribution is 0.0697. The summed E-state index contributed by atoms with van der Waals surface area (Å²) < 4.78 is 0. The maximum absolute atomic E-state index is 12.4. The maximum Gasteiger partial charge on any atom is 0.338 e. The molecule has 5 heteroatoms. The quantitative estimate of drug-likeness (QED) is 0.877. The monoisotopic (exact) mass is 290 g/mol. The Morgan fingerprint density at radius 3 is 2.67 bits per heavy atom. The number of nitrogens with zero attached hydrogens (tertiary/aromatic N) is 1. The summed E-state index contributed by atoms with van der Waals surface area (Å²) in [6.07, 6.45) is 1.96. The third-order valence-corrected chi connectivity index (χ3v) is 4.13. The summed E-state index contributed by atoms with van der Waals surface area (Å²) in [5.41, 5.74) is 1.16.